The maximum Gasteiger partial charge on any atom is 0.410 e. The summed E-state index contributed by atoms with van der Waals surface area (Å²) in [5.41, 5.74) is 2.36. The van der Waals surface area contributed by atoms with E-state index in [1.807, 2.05) is 30.9 Å². The van der Waals surface area contributed by atoms with Crippen LogP contribution in [0.2, 0.25) is 0 Å². The van der Waals surface area contributed by atoms with Gasteiger partial charge >= 0.3 is 6.09 Å². The van der Waals surface area contributed by atoms with Gasteiger partial charge in [-0.15, -0.1) is 0 Å². The second-order valence-electron chi connectivity index (χ2n) is 5.88. The lowest BCUT2D eigenvalue weighted by Crippen LogP contribution is -2.41. The minimum atomic E-state index is -0.177. The van der Waals surface area contributed by atoms with Crippen molar-refractivity contribution in [2.45, 2.75) is 45.3 Å². The van der Waals surface area contributed by atoms with Crippen molar-refractivity contribution in [3.63, 3.8) is 0 Å². The Morgan fingerprint density at radius 1 is 1.25 bits per heavy atom. The van der Waals surface area contributed by atoms with E-state index in [9.17, 15) is 4.79 Å². The summed E-state index contributed by atoms with van der Waals surface area (Å²) in [4.78, 5) is 13.6. The van der Waals surface area contributed by atoms with Gasteiger partial charge in [-0.2, -0.15) is 0 Å². The van der Waals surface area contributed by atoms with Gasteiger partial charge in [-0.3, -0.25) is 0 Å². The zero-order chi connectivity index (χ0) is 14.1. The number of benzene rings is 1. The van der Waals surface area contributed by atoms with Crippen LogP contribution in [0.3, 0.4) is 0 Å². The zero-order valence-electron chi connectivity index (χ0n) is 12.1. The molecule has 3 rings (SSSR count). The Labute approximate surface area is 119 Å². The van der Waals surface area contributed by atoms with Crippen molar-refractivity contribution < 1.29 is 14.3 Å². The van der Waals surface area contributed by atoms with Gasteiger partial charge in [-0.1, -0.05) is 6.07 Å². The van der Waals surface area contributed by atoms with Crippen LogP contribution in [0.5, 0.6) is 5.75 Å². The fraction of sp³-hybridized carbons (Fsp3) is 0.562. The molecule has 2 fully saturated rings. The molecule has 1 saturated heterocycles. The van der Waals surface area contributed by atoms with E-state index >= 15 is 0 Å². The van der Waals surface area contributed by atoms with Gasteiger partial charge in [-0.25, -0.2) is 4.79 Å². The van der Waals surface area contributed by atoms with Gasteiger partial charge in [0, 0.05) is 6.04 Å². The summed E-state index contributed by atoms with van der Waals surface area (Å²) in [6, 6.07) is 6.52. The number of rotatable bonds is 4. The fourth-order valence-corrected chi connectivity index (χ4v) is 2.83. The standard InChI is InChI=1S/C16H21NO3/c1-11-6-12(2)8-14(7-11)19-10-15-9-17(16(18)20-15)13-4-3-5-13/h6-8,13,15H,3-5,9-10H2,1-2H3. The number of hydrogen-bond acceptors (Lipinski definition) is 3. The van der Waals surface area contributed by atoms with Crippen molar-refractivity contribution in [3.05, 3.63) is 29.3 Å². The molecule has 0 N–H and O–H groups in total. The first kappa shape index (κ1) is 13.3. The van der Waals surface area contributed by atoms with Crippen molar-refractivity contribution in [1.82, 2.24) is 4.90 Å². The molecule has 1 atom stereocenters. The average molecular weight is 275 g/mol. The Hall–Kier alpha value is -1.71. The molecule has 0 aromatic heterocycles. The molecule has 108 valence electrons. The average Bonchev–Trinajstić information content (AvgIpc) is 2.65. The summed E-state index contributed by atoms with van der Waals surface area (Å²) >= 11 is 0. The molecule has 1 unspecified atom stereocenters. The molecular formula is C16H21NO3. The molecule has 2 aliphatic rings. The fourth-order valence-electron chi connectivity index (χ4n) is 2.83. The Bertz CT molecular complexity index is 490. The first-order valence-corrected chi connectivity index (χ1v) is 7.30. The van der Waals surface area contributed by atoms with Crippen molar-refractivity contribution in [1.29, 1.82) is 0 Å². The highest BCUT2D eigenvalue weighted by Gasteiger charge is 2.38. The smallest absolute Gasteiger partial charge is 0.410 e. The second-order valence-corrected chi connectivity index (χ2v) is 5.88. The van der Waals surface area contributed by atoms with E-state index in [1.165, 1.54) is 17.5 Å². The predicted octanol–water partition coefficient (Wildman–Crippen LogP) is 3.06. The minimum Gasteiger partial charge on any atom is -0.490 e. The molecule has 1 amide bonds. The topological polar surface area (TPSA) is 38.8 Å². The Morgan fingerprint density at radius 3 is 2.55 bits per heavy atom. The summed E-state index contributed by atoms with van der Waals surface area (Å²) < 4.78 is 11.2. The van der Waals surface area contributed by atoms with E-state index < -0.39 is 0 Å². The van der Waals surface area contributed by atoms with Crippen LogP contribution in [-0.4, -0.2) is 36.3 Å². The number of nitrogens with zero attached hydrogens (tertiary/aromatic N) is 1. The Balaban J connectivity index is 1.55. The van der Waals surface area contributed by atoms with Gasteiger partial charge in [0.2, 0.25) is 0 Å². The zero-order valence-corrected chi connectivity index (χ0v) is 12.1. The van der Waals surface area contributed by atoms with Crippen LogP contribution in [0, 0.1) is 13.8 Å². The third-order valence-corrected chi connectivity index (χ3v) is 4.05. The normalized spacial score (nSPS) is 22.6. The Morgan fingerprint density at radius 2 is 1.95 bits per heavy atom. The molecule has 0 radical (unpaired) electrons. The largest absolute Gasteiger partial charge is 0.490 e. The molecule has 1 saturated carbocycles. The van der Waals surface area contributed by atoms with Crippen molar-refractivity contribution >= 4 is 6.09 Å². The third kappa shape index (κ3) is 2.74. The van der Waals surface area contributed by atoms with Crippen LogP contribution in [-0.2, 0) is 4.74 Å². The van der Waals surface area contributed by atoms with Crippen LogP contribution >= 0.6 is 0 Å². The van der Waals surface area contributed by atoms with Crippen LogP contribution in [0.1, 0.15) is 30.4 Å². The lowest BCUT2D eigenvalue weighted by atomic mass is 9.92. The molecule has 1 aliphatic heterocycles. The first-order chi connectivity index (χ1) is 9.61. The maximum atomic E-state index is 11.8. The van der Waals surface area contributed by atoms with Crippen molar-refractivity contribution in [3.8, 4) is 5.75 Å². The summed E-state index contributed by atoms with van der Waals surface area (Å²) in [5, 5.41) is 0. The predicted molar refractivity (Wildman–Crippen MR) is 76.0 cm³/mol. The third-order valence-electron chi connectivity index (χ3n) is 4.05. The summed E-state index contributed by atoms with van der Waals surface area (Å²) in [6.45, 7) is 5.19. The molecule has 1 heterocycles. The number of amides is 1. The van der Waals surface area contributed by atoms with E-state index in [2.05, 4.69) is 6.07 Å². The van der Waals surface area contributed by atoms with E-state index in [-0.39, 0.29) is 12.2 Å². The highest BCUT2D eigenvalue weighted by atomic mass is 16.6. The van der Waals surface area contributed by atoms with Gasteiger partial charge in [0.1, 0.15) is 12.4 Å². The van der Waals surface area contributed by atoms with E-state index in [0.29, 0.717) is 19.2 Å². The van der Waals surface area contributed by atoms with Crippen molar-refractivity contribution in [2.24, 2.45) is 0 Å². The molecule has 4 nitrogen and oxygen atoms in total. The van der Waals surface area contributed by atoms with Gasteiger partial charge < -0.3 is 14.4 Å². The number of hydrogen-bond donors (Lipinski definition) is 0. The lowest BCUT2D eigenvalue weighted by Gasteiger charge is -2.32. The molecule has 1 aliphatic carbocycles. The first-order valence-electron chi connectivity index (χ1n) is 7.30. The van der Waals surface area contributed by atoms with E-state index in [1.54, 1.807) is 0 Å². The highest BCUT2D eigenvalue weighted by Crippen LogP contribution is 2.28. The molecule has 20 heavy (non-hydrogen) atoms. The monoisotopic (exact) mass is 275 g/mol. The van der Waals surface area contributed by atoms with E-state index in [0.717, 1.165) is 18.6 Å². The lowest BCUT2D eigenvalue weighted by molar-refractivity contribution is 0.0989. The molecule has 0 spiro atoms. The SMILES string of the molecule is Cc1cc(C)cc(OCC2CN(C3CCC3)C(=O)O2)c1. The molecule has 1 aromatic carbocycles. The molecule has 4 heteroatoms. The number of cyclic esters (lactones) is 1. The van der Waals surface area contributed by atoms with Gasteiger partial charge in [-0.05, 0) is 56.4 Å². The molecule has 1 aromatic rings. The number of carbonyl (C=O) groups is 1. The Kier molecular flexibility index (Phi) is 3.55. The summed E-state index contributed by atoms with van der Waals surface area (Å²) in [6.07, 6.45) is 3.12. The molecular weight excluding hydrogens is 254 g/mol. The van der Waals surface area contributed by atoms with Crippen LogP contribution in [0.25, 0.3) is 0 Å². The van der Waals surface area contributed by atoms with Gasteiger partial charge in [0.05, 0.1) is 6.54 Å². The summed E-state index contributed by atoms with van der Waals surface area (Å²) in [5.74, 6) is 0.848. The minimum absolute atomic E-state index is 0.149. The second kappa shape index (κ2) is 5.35. The van der Waals surface area contributed by atoms with Gasteiger partial charge in [0.25, 0.3) is 0 Å². The van der Waals surface area contributed by atoms with E-state index in [4.69, 9.17) is 9.47 Å². The number of carbonyl (C=O) groups excluding carboxylic acids is 1. The highest BCUT2D eigenvalue weighted by molar-refractivity contribution is 5.70. The summed E-state index contributed by atoms with van der Waals surface area (Å²) in [7, 11) is 0. The van der Waals surface area contributed by atoms with Crippen LogP contribution in [0.15, 0.2) is 18.2 Å². The van der Waals surface area contributed by atoms with Crippen molar-refractivity contribution in [2.75, 3.05) is 13.2 Å². The van der Waals surface area contributed by atoms with Crippen LogP contribution < -0.4 is 4.74 Å². The molecule has 0 bridgehead atoms. The number of ether oxygens (including phenoxy) is 2. The van der Waals surface area contributed by atoms with Gasteiger partial charge in [0.15, 0.2) is 6.10 Å². The number of aryl methyl sites for hydroxylation is 2. The maximum absolute atomic E-state index is 11.8. The quantitative estimate of drug-likeness (QED) is 0.847. The van der Waals surface area contributed by atoms with Crippen LogP contribution in [0.4, 0.5) is 4.79 Å².